The molecule has 0 radical (unpaired) electrons. The van der Waals surface area contributed by atoms with Gasteiger partial charge < -0.3 is 9.80 Å². The number of thioether (sulfide) groups is 1. The molecule has 5 heteroatoms. The van der Waals surface area contributed by atoms with Crippen LogP contribution in [0.25, 0.3) is 0 Å². The lowest BCUT2D eigenvalue weighted by Crippen LogP contribution is -2.61. The molecule has 3 fully saturated rings. The molecule has 0 aromatic rings. The molecule has 0 spiro atoms. The van der Waals surface area contributed by atoms with Crippen molar-refractivity contribution in [2.45, 2.75) is 24.9 Å². The molecule has 3 rings (SSSR count). The van der Waals surface area contributed by atoms with Crippen molar-refractivity contribution in [1.29, 1.82) is 0 Å². The summed E-state index contributed by atoms with van der Waals surface area (Å²) in [5, 5.41) is 0. The third kappa shape index (κ3) is 0.960. The maximum absolute atomic E-state index is 12.0. The molecule has 3 saturated heterocycles. The number of carbonyl (C=O) groups is 2. The van der Waals surface area contributed by atoms with E-state index in [1.54, 1.807) is 21.6 Å². The summed E-state index contributed by atoms with van der Waals surface area (Å²) in [6, 6.07) is -0.278. The highest BCUT2D eigenvalue weighted by Gasteiger charge is 2.49. The molecule has 4 nitrogen and oxygen atoms in total. The Labute approximate surface area is 86.6 Å². The molecule has 76 valence electrons. The first-order chi connectivity index (χ1) is 6.79. The highest BCUT2D eigenvalue weighted by Crippen LogP contribution is 2.32. The van der Waals surface area contributed by atoms with Crippen LogP contribution in [-0.4, -0.2) is 51.9 Å². The second kappa shape index (κ2) is 2.89. The van der Waals surface area contributed by atoms with Crippen molar-refractivity contribution in [1.82, 2.24) is 9.80 Å². The minimum absolute atomic E-state index is 0.127. The van der Waals surface area contributed by atoms with Gasteiger partial charge in [-0.3, -0.25) is 9.59 Å². The molecule has 0 aliphatic carbocycles. The summed E-state index contributed by atoms with van der Waals surface area (Å²) < 4.78 is 0. The molecule has 3 heterocycles. The lowest BCUT2D eigenvalue weighted by molar-refractivity contribution is -0.156. The Morgan fingerprint density at radius 1 is 1.14 bits per heavy atom. The number of hydrogen-bond donors (Lipinski definition) is 0. The predicted molar refractivity (Wildman–Crippen MR) is 52.7 cm³/mol. The highest BCUT2D eigenvalue weighted by molar-refractivity contribution is 7.99. The van der Waals surface area contributed by atoms with Crippen LogP contribution < -0.4 is 0 Å². The molecule has 2 atom stereocenters. The topological polar surface area (TPSA) is 40.6 Å². The van der Waals surface area contributed by atoms with Crippen LogP contribution in [0.15, 0.2) is 0 Å². The summed E-state index contributed by atoms with van der Waals surface area (Å²) >= 11 is 1.68. The number of amides is 2. The second-order valence-electron chi connectivity index (χ2n) is 4.01. The Balaban J connectivity index is 1.96. The van der Waals surface area contributed by atoms with Crippen LogP contribution in [-0.2, 0) is 9.59 Å². The van der Waals surface area contributed by atoms with Crippen LogP contribution >= 0.6 is 11.8 Å². The Morgan fingerprint density at radius 3 is 2.79 bits per heavy atom. The fourth-order valence-electron chi connectivity index (χ4n) is 2.53. The number of piperazine rings is 1. The van der Waals surface area contributed by atoms with Crippen LogP contribution in [0.3, 0.4) is 0 Å². The van der Waals surface area contributed by atoms with Crippen LogP contribution in [0.4, 0.5) is 0 Å². The third-order valence-corrected chi connectivity index (χ3v) is 4.28. The molecular weight excluding hydrogens is 200 g/mol. The van der Waals surface area contributed by atoms with Crippen LogP contribution in [0.2, 0.25) is 0 Å². The Bertz CT molecular complexity index is 253. The Morgan fingerprint density at radius 2 is 1.93 bits per heavy atom. The molecule has 0 aromatic carbocycles. The first-order valence-electron chi connectivity index (χ1n) is 4.98. The summed E-state index contributed by atoms with van der Waals surface area (Å²) in [4.78, 5) is 27.5. The minimum atomic E-state index is -0.151. The van der Waals surface area contributed by atoms with Crippen molar-refractivity contribution in [2.24, 2.45) is 0 Å². The van der Waals surface area contributed by atoms with E-state index in [2.05, 4.69) is 0 Å². The summed E-state index contributed by atoms with van der Waals surface area (Å²) in [6.07, 6.45) is 1.84. The minimum Gasteiger partial charge on any atom is -0.329 e. The van der Waals surface area contributed by atoms with Gasteiger partial charge in [0, 0.05) is 12.3 Å². The zero-order valence-corrected chi connectivity index (χ0v) is 8.63. The van der Waals surface area contributed by atoms with E-state index in [1.165, 1.54) is 0 Å². The summed E-state index contributed by atoms with van der Waals surface area (Å²) in [6.45, 7) is 0.782. The van der Waals surface area contributed by atoms with Gasteiger partial charge in [-0.25, -0.2) is 0 Å². The van der Waals surface area contributed by atoms with E-state index in [0.717, 1.165) is 25.1 Å². The van der Waals surface area contributed by atoms with E-state index in [1.807, 2.05) is 0 Å². The second-order valence-corrected chi connectivity index (χ2v) is 5.01. The SMILES string of the molecule is O=C1[C@@H]2CSCN2C(=O)[C@@H]2CCCN12. The van der Waals surface area contributed by atoms with Crippen molar-refractivity contribution in [3.63, 3.8) is 0 Å². The number of fused-ring (bicyclic) bond motifs is 2. The van der Waals surface area contributed by atoms with Crippen LogP contribution in [0, 0.1) is 0 Å². The smallest absolute Gasteiger partial charge is 0.246 e. The van der Waals surface area contributed by atoms with Gasteiger partial charge in [-0.15, -0.1) is 11.8 Å². The average molecular weight is 212 g/mol. The summed E-state index contributed by atoms with van der Waals surface area (Å²) in [5.41, 5.74) is 0. The van der Waals surface area contributed by atoms with Crippen molar-refractivity contribution in [2.75, 3.05) is 18.2 Å². The number of nitrogens with zero attached hydrogens (tertiary/aromatic N) is 2. The molecule has 0 saturated carbocycles. The van der Waals surface area contributed by atoms with Gasteiger partial charge in [0.05, 0.1) is 5.88 Å². The van der Waals surface area contributed by atoms with E-state index >= 15 is 0 Å². The van der Waals surface area contributed by atoms with Crippen molar-refractivity contribution >= 4 is 23.6 Å². The molecule has 0 aromatic heterocycles. The monoisotopic (exact) mass is 212 g/mol. The van der Waals surface area contributed by atoms with Gasteiger partial charge in [0.1, 0.15) is 12.1 Å². The molecule has 14 heavy (non-hydrogen) atoms. The van der Waals surface area contributed by atoms with E-state index in [-0.39, 0.29) is 23.9 Å². The van der Waals surface area contributed by atoms with Gasteiger partial charge >= 0.3 is 0 Å². The first-order valence-corrected chi connectivity index (χ1v) is 6.13. The van der Waals surface area contributed by atoms with Gasteiger partial charge in [0.2, 0.25) is 11.8 Å². The maximum Gasteiger partial charge on any atom is 0.246 e. The molecule has 3 aliphatic rings. The summed E-state index contributed by atoms with van der Waals surface area (Å²) in [5.74, 6) is 1.85. The lowest BCUT2D eigenvalue weighted by atomic mass is 10.1. The van der Waals surface area contributed by atoms with E-state index < -0.39 is 0 Å². The number of rotatable bonds is 0. The van der Waals surface area contributed by atoms with Gasteiger partial charge in [-0.05, 0) is 12.8 Å². The fourth-order valence-corrected chi connectivity index (χ4v) is 3.69. The zero-order chi connectivity index (χ0) is 9.71. The molecule has 0 unspecified atom stereocenters. The van der Waals surface area contributed by atoms with Gasteiger partial charge in [-0.1, -0.05) is 0 Å². The van der Waals surface area contributed by atoms with E-state index in [4.69, 9.17) is 0 Å². The van der Waals surface area contributed by atoms with Crippen molar-refractivity contribution in [3.05, 3.63) is 0 Å². The quantitative estimate of drug-likeness (QED) is 0.562. The fraction of sp³-hybridized carbons (Fsp3) is 0.778. The van der Waals surface area contributed by atoms with Gasteiger partial charge in [-0.2, -0.15) is 0 Å². The van der Waals surface area contributed by atoms with Crippen LogP contribution in [0.1, 0.15) is 12.8 Å². The summed E-state index contributed by atoms with van der Waals surface area (Å²) in [7, 11) is 0. The largest absolute Gasteiger partial charge is 0.329 e. The van der Waals surface area contributed by atoms with Crippen molar-refractivity contribution in [3.8, 4) is 0 Å². The third-order valence-electron chi connectivity index (χ3n) is 3.27. The first kappa shape index (κ1) is 8.59. The van der Waals surface area contributed by atoms with Crippen molar-refractivity contribution < 1.29 is 9.59 Å². The van der Waals surface area contributed by atoms with E-state index in [9.17, 15) is 9.59 Å². The lowest BCUT2D eigenvalue weighted by Gasteiger charge is -2.38. The molecular formula is C9H12N2O2S. The maximum atomic E-state index is 12.0. The van der Waals surface area contributed by atoms with Crippen LogP contribution in [0.5, 0.6) is 0 Å². The normalized spacial score (nSPS) is 36.3. The van der Waals surface area contributed by atoms with Gasteiger partial charge in [0.25, 0.3) is 0 Å². The van der Waals surface area contributed by atoms with Gasteiger partial charge in [0.15, 0.2) is 0 Å². The standard InChI is InChI=1S/C9H12N2O2S/c12-8-6-2-1-3-10(6)9(13)7-4-14-5-11(7)8/h6-7H,1-5H2/t6-,7-/m0/s1. The Kier molecular flexibility index (Phi) is 1.77. The molecule has 2 amide bonds. The highest BCUT2D eigenvalue weighted by atomic mass is 32.2. The molecule has 3 aliphatic heterocycles. The average Bonchev–Trinajstić information content (AvgIpc) is 2.82. The predicted octanol–water partition coefficient (Wildman–Crippen LogP) is -0.108. The Hall–Kier alpha value is -0.710. The number of carbonyl (C=O) groups excluding carboxylic acids is 2. The molecule has 0 N–H and O–H groups in total. The molecule has 0 bridgehead atoms. The van der Waals surface area contributed by atoms with E-state index in [0.29, 0.717) is 5.88 Å². The zero-order valence-electron chi connectivity index (χ0n) is 7.81. The number of hydrogen-bond acceptors (Lipinski definition) is 3.